The van der Waals surface area contributed by atoms with E-state index in [1.807, 2.05) is 13.8 Å². The summed E-state index contributed by atoms with van der Waals surface area (Å²) in [7, 11) is 1.70. The first-order chi connectivity index (χ1) is 7.72. The zero-order valence-electron chi connectivity index (χ0n) is 10.5. The molecule has 1 rings (SSSR count). The van der Waals surface area contributed by atoms with Gasteiger partial charge in [0.15, 0.2) is 0 Å². The van der Waals surface area contributed by atoms with E-state index in [9.17, 15) is 0 Å². The Morgan fingerprint density at radius 3 is 2.88 bits per heavy atom. The van der Waals surface area contributed by atoms with Crippen molar-refractivity contribution < 1.29 is 4.74 Å². The minimum Gasteiger partial charge on any atom is -0.386 e. The van der Waals surface area contributed by atoms with Gasteiger partial charge >= 0.3 is 0 Å². The maximum absolute atomic E-state index is 7.15. The van der Waals surface area contributed by atoms with E-state index in [2.05, 4.69) is 10.2 Å². The molecule has 0 bridgehead atoms. The number of hydrogen-bond acceptors (Lipinski definition) is 4. The molecule has 0 radical (unpaired) electrons. The molecule has 4 N–H and O–H groups in total. The molecule has 0 aliphatic carbocycles. The van der Waals surface area contributed by atoms with Gasteiger partial charge in [0, 0.05) is 39.0 Å². The normalized spacial score (nSPS) is 18.6. The zero-order valence-corrected chi connectivity index (χ0v) is 10.5. The van der Waals surface area contributed by atoms with Gasteiger partial charge in [-0.15, -0.1) is 0 Å². The molecule has 94 valence electrons. The van der Waals surface area contributed by atoms with Crippen LogP contribution in [0.3, 0.4) is 0 Å². The molecule has 0 unspecified atom stereocenters. The quantitative estimate of drug-likeness (QED) is 0.480. The lowest BCUT2D eigenvalue weighted by Crippen LogP contribution is -2.43. The van der Waals surface area contributed by atoms with Crippen LogP contribution in [-0.2, 0) is 4.74 Å². The molecular weight excluding hydrogens is 204 g/mol. The Morgan fingerprint density at radius 2 is 2.31 bits per heavy atom. The second kappa shape index (κ2) is 9.18. The highest BCUT2D eigenvalue weighted by atomic mass is 16.5. The van der Waals surface area contributed by atoms with E-state index < -0.39 is 0 Å². The molecule has 0 atom stereocenters. The number of amidine groups is 1. The number of nitrogens with one attached hydrogen (secondary N) is 2. The molecule has 1 heterocycles. The van der Waals surface area contributed by atoms with Gasteiger partial charge in [0.05, 0.1) is 6.61 Å². The van der Waals surface area contributed by atoms with Crippen LogP contribution in [0.1, 0.15) is 13.8 Å². The average Bonchev–Trinajstić information content (AvgIpc) is 2.29. The highest BCUT2D eigenvalue weighted by Crippen LogP contribution is 2.01. The molecule has 5 heteroatoms. The lowest BCUT2D eigenvalue weighted by atomic mass is 10.2. The monoisotopic (exact) mass is 228 g/mol. The Balaban J connectivity index is 0.00000106. The minimum absolute atomic E-state index is 0.0982. The van der Waals surface area contributed by atoms with Crippen LogP contribution in [0.15, 0.2) is 11.8 Å². The molecule has 1 aliphatic rings. The third kappa shape index (κ3) is 6.42. The van der Waals surface area contributed by atoms with E-state index in [0.29, 0.717) is 0 Å². The number of nitrogens with two attached hydrogens (primary N) is 1. The Labute approximate surface area is 98.1 Å². The molecule has 0 aromatic heterocycles. The lowest BCUT2D eigenvalue weighted by Gasteiger charge is -2.29. The van der Waals surface area contributed by atoms with E-state index in [4.69, 9.17) is 15.9 Å². The molecule has 0 saturated carbocycles. The molecular formula is C11H24N4O. The highest BCUT2D eigenvalue weighted by molar-refractivity contribution is 5.89. The van der Waals surface area contributed by atoms with Gasteiger partial charge in [0.1, 0.15) is 5.84 Å². The molecule has 0 spiro atoms. The van der Waals surface area contributed by atoms with Gasteiger partial charge in [0.25, 0.3) is 0 Å². The Morgan fingerprint density at radius 1 is 1.62 bits per heavy atom. The van der Waals surface area contributed by atoms with Crippen molar-refractivity contribution in [1.82, 2.24) is 10.2 Å². The second-order valence-corrected chi connectivity index (χ2v) is 3.32. The average molecular weight is 228 g/mol. The van der Waals surface area contributed by atoms with E-state index in [-0.39, 0.29) is 5.84 Å². The number of piperazine rings is 1. The Bertz CT molecular complexity index is 228. The molecule has 1 fully saturated rings. The standard InChI is InChI=1S/C9H18N4O.C2H6/c1-14-5-4-13-3-2-12-8(7-13)6-9(10)11;1-2/h6,12H,2-5,7H2,1H3,(H3,10,11);1-2H3/b8-6-;. The van der Waals surface area contributed by atoms with Crippen LogP contribution >= 0.6 is 0 Å². The predicted molar refractivity (Wildman–Crippen MR) is 67.7 cm³/mol. The van der Waals surface area contributed by atoms with Crippen LogP contribution < -0.4 is 11.1 Å². The molecule has 0 aromatic carbocycles. The number of nitrogens with zero attached hydrogens (tertiary/aromatic N) is 1. The molecule has 0 amide bonds. The summed E-state index contributed by atoms with van der Waals surface area (Å²) in [6.07, 6.45) is 1.67. The summed E-state index contributed by atoms with van der Waals surface area (Å²) in [5.74, 6) is 0.0982. The number of ether oxygens (including phenoxy) is 1. The summed E-state index contributed by atoms with van der Waals surface area (Å²) in [6.45, 7) is 8.41. The van der Waals surface area contributed by atoms with E-state index in [1.165, 1.54) is 0 Å². The fourth-order valence-corrected chi connectivity index (χ4v) is 1.45. The van der Waals surface area contributed by atoms with Crippen LogP contribution in [0.25, 0.3) is 0 Å². The van der Waals surface area contributed by atoms with Crippen LogP contribution in [0.2, 0.25) is 0 Å². The molecule has 1 saturated heterocycles. The van der Waals surface area contributed by atoms with Crippen LogP contribution in [0, 0.1) is 5.41 Å². The number of hydrogen-bond donors (Lipinski definition) is 3. The summed E-state index contributed by atoms with van der Waals surface area (Å²) >= 11 is 0. The minimum atomic E-state index is 0.0982. The van der Waals surface area contributed by atoms with Crippen molar-refractivity contribution in [3.05, 3.63) is 11.8 Å². The van der Waals surface area contributed by atoms with Crippen LogP contribution in [-0.4, -0.2) is 50.6 Å². The number of methoxy groups -OCH3 is 1. The van der Waals surface area contributed by atoms with Gasteiger partial charge in [-0.05, 0) is 6.08 Å². The van der Waals surface area contributed by atoms with Crippen molar-refractivity contribution in [3.8, 4) is 0 Å². The van der Waals surface area contributed by atoms with E-state index in [1.54, 1.807) is 13.2 Å². The zero-order chi connectivity index (χ0) is 12.4. The maximum Gasteiger partial charge on any atom is 0.117 e. The van der Waals surface area contributed by atoms with Gasteiger partial charge in [-0.2, -0.15) is 0 Å². The Hall–Kier alpha value is -1.07. The molecule has 0 aromatic rings. The SMILES string of the molecule is CC.COCCN1CCN/C(=C\C(=N)N)C1. The van der Waals surface area contributed by atoms with Crippen molar-refractivity contribution in [2.45, 2.75) is 13.8 Å². The molecule has 16 heavy (non-hydrogen) atoms. The van der Waals surface area contributed by atoms with Crippen LogP contribution in [0.5, 0.6) is 0 Å². The summed E-state index contributed by atoms with van der Waals surface area (Å²) in [4.78, 5) is 2.27. The summed E-state index contributed by atoms with van der Waals surface area (Å²) in [5, 5.41) is 10.4. The van der Waals surface area contributed by atoms with Crippen molar-refractivity contribution in [2.24, 2.45) is 5.73 Å². The summed E-state index contributed by atoms with van der Waals surface area (Å²) in [6, 6.07) is 0. The van der Waals surface area contributed by atoms with Crippen molar-refractivity contribution in [2.75, 3.05) is 39.9 Å². The fourth-order valence-electron chi connectivity index (χ4n) is 1.45. The summed E-state index contributed by atoms with van der Waals surface area (Å²) in [5.41, 5.74) is 6.31. The number of rotatable bonds is 4. The van der Waals surface area contributed by atoms with Gasteiger partial charge in [-0.25, -0.2) is 0 Å². The molecule has 1 aliphatic heterocycles. The van der Waals surface area contributed by atoms with E-state index in [0.717, 1.165) is 38.5 Å². The van der Waals surface area contributed by atoms with Crippen LogP contribution in [0.4, 0.5) is 0 Å². The topological polar surface area (TPSA) is 74.4 Å². The third-order valence-corrected chi connectivity index (χ3v) is 2.12. The van der Waals surface area contributed by atoms with Crippen molar-refractivity contribution in [1.29, 1.82) is 5.41 Å². The molecule has 5 nitrogen and oxygen atoms in total. The van der Waals surface area contributed by atoms with E-state index >= 15 is 0 Å². The first-order valence-corrected chi connectivity index (χ1v) is 5.72. The first-order valence-electron chi connectivity index (χ1n) is 5.72. The van der Waals surface area contributed by atoms with Crippen molar-refractivity contribution in [3.63, 3.8) is 0 Å². The van der Waals surface area contributed by atoms with Gasteiger partial charge in [-0.3, -0.25) is 10.3 Å². The highest BCUT2D eigenvalue weighted by Gasteiger charge is 2.12. The van der Waals surface area contributed by atoms with Crippen molar-refractivity contribution >= 4 is 5.84 Å². The maximum atomic E-state index is 7.15. The first kappa shape index (κ1) is 14.9. The second-order valence-electron chi connectivity index (χ2n) is 3.32. The van der Waals surface area contributed by atoms with Gasteiger partial charge in [-0.1, -0.05) is 13.8 Å². The third-order valence-electron chi connectivity index (χ3n) is 2.12. The smallest absolute Gasteiger partial charge is 0.117 e. The van der Waals surface area contributed by atoms with Gasteiger partial charge < -0.3 is 15.8 Å². The van der Waals surface area contributed by atoms with Gasteiger partial charge in [0.2, 0.25) is 0 Å². The largest absolute Gasteiger partial charge is 0.386 e. The predicted octanol–water partition coefficient (Wildman–Crippen LogP) is 0.384. The Kier molecular flexibility index (Phi) is 8.56. The lowest BCUT2D eigenvalue weighted by molar-refractivity contribution is 0.147. The fraction of sp³-hybridized carbons (Fsp3) is 0.727. The summed E-state index contributed by atoms with van der Waals surface area (Å²) < 4.78 is 5.01.